The van der Waals surface area contributed by atoms with Gasteiger partial charge in [0, 0.05) is 10.8 Å². The van der Waals surface area contributed by atoms with Crippen LogP contribution in [0.2, 0.25) is 0 Å². The van der Waals surface area contributed by atoms with Crippen molar-refractivity contribution < 1.29 is 4.42 Å². The van der Waals surface area contributed by atoms with Gasteiger partial charge in [0.15, 0.2) is 0 Å². The van der Waals surface area contributed by atoms with E-state index >= 15 is 0 Å². The minimum Gasteiger partial charge on any atom is -0.456 e. The Bertz CT molecular complexity index is 3320. The fourth-order valence-electron chi connectivity index (χ4n) is 8.59. The Morgan fingerprint density at radius 1 is 0.267 bits per heavy atom. The first kappa shape index (κ1) is 40.8. The topological polar surface area (TPSA) is 13.1 Å². The van der Waals surface area contributed by atoms with Gasteiger partial charge in [-0.3, -0.25) is 0 Å². The Hall–Kier alpha value is -4.56. The summed E-state index contributed by atoms with van der Waals surface area (Å²) in [6.45, 7) is 0. The SMILES string of the molecule is [B]c1c([B])c([B])c(-c2c([B])c([B])c(-c3c4c([B])c([B])c([B])c([B])c4c(-c4ccc5oc6cc7ccccc7cc6c5c4)c4c([B])c([B])c([B])c([B])c34)c([B])c2[B])c([B])c1[B]. The first-order valence-electron chi connectivity index (χ1n) is 18.3. The van der Waals surface area contributed by atoms with Crippen LogP contribution < -0.4 is 92.9 Å². The second-order valence-corrected chi connectivity index (χ2v) is 14.9. The molecule has 8 aromatic carbocycles. The Morgan fingerprint density at radius 3 is 1.05 bits per heavy atom. The van der Waals surface area contributed by atoms with Crippen LogP contribution in [0.1, 0.15) is 0 Å². The van der Waals surface area contributed by atoms with Gasteiger partial charge in [-0.25, -0.2) is 0 Å². The molecular weight excluding hydrogens is 704 g/mol. The molecule has 9 aromatic rings. The zero-order valence-electron chi connectivity index (χ0n) is 31.9. The standard InChI is InChI=1S/C42H9B17O/c43-26-19-17(12-5-6-15-13(8-12)14-7-10-3-1-2-4-11(10)9-16(14)60-15)20-22(29(46)39(56)37(54)27(20)44)18(21(19)28(45)38(55)36(26)53)23-30(47)32(49)24(33(50)31(23)48)25-34(51)40(57)42(59)41(58)35(25)52/h1-9H. The van der Waals surface area contributed by atoms with Crippen molar-refractivity contribution >= 4 is 281 Å². The van der Waals surface area contributed by atoms with Crippen LogP contribution in [0.15, 0.2) is 59.0 Å². The van der Waals surface area contributed by atoms with Crippen LogP contribution in [0.5, 0.6) is 0 Å². The number of hydrogen-bond donors (Lipinski definition) is 0. The molecule has 0 atom stereocenters. The van der Waals surface area contributed by atoms with Crippen molar-refractivity contribution in [3.05, 3.63) is 54.6 Å². The summed E-state index contributed by atoms with van der Waals surface area (Å²) in [4.78, 5) is 0. The van der Waals surface area contributed by atoms with E-state index in [2.05, 4.69) is 6.07 Å². The largest absolute Gasteiger partial charge is 0.456 e. The lowest BCUT2D eigenvalue weighted by atomic mass is 9.55. The zero-order valence-corrected chi connectivity index (χ0v) is 31.9. The van der Waals surface area contributed by atoms with Gasteiger partial charge in [0.05, 0.1) is 0 Å². The molecule has 0 aliphatic rings. The highest BCUT2D eigenvalue weighted by Gasteiger charge is 2.28. The van der Waals surface area contributed by atoms with Crippen LogP contribution in [-0.2, 0) is 0 Å². The van der Waals surface area contributed by atoms with Crippen LogP contribution in [0, 0.1) is 0 Å². The van der Waals surface area contributed by atoms with Gasteiger partial charge in [-0.2, -0.15) is 0 Å². The molecular formula is C42H9B17O. The Labute approximate surface area is 370 Å². The van der Waals surface area contributed by atoms with Gasteiger partial charge in [-0.15, -0.1) is 38.2 Å². The molecule has 0 bridgehead atoms. The van der Waals surface area contributed by atoms with Crippen molar-refractivity contribution in [3.63, 3.8) is 0 Å². The summed E-state index contributed by atoms with van der Waals surface area (Å²) in [7, 11) is 114. The second kappa shape index (κ2) is 14.3. The summed E-state index contributed by atoms with van der Waals surface area (Å²) in [5.41, 5.74) is 2.07. The lowest BCUT2D eigenvalue weighted by Gasteiger charge is -2.32. The van der Waals surface area contributed by atoms with Crippen molar-refractivity contribution in [2.45, 2.75) is 0 Å². The highest BCUT2D eigenvalue weighted by molar-refractivity contribution is 6.74. The van der Waals surface area contributed by atoms with E-state index in [0.717, 1.165) is 21.5 Å². The van der Waals surface area contributed by atoms with Gasteiger partial charge in [0.25, 0.3) is 0 Å². The van der Waals surface area contributed by atoms with E-state index < -0.39 is 0 Å². The molecule has 34 radical (unpaired) electrons. The van der Waals surface area contributed by atoms with Crippen LogP contribution in [-0.4, -0.2) is 133 Å². The van der Waals surface area contributed by atoms with E-state index in [-0.39, 0.29) is 126 Å². The highest BCUT2D eigenvalue weighted by Crippen LogP contribution is 2.42. The fraction of sp³-hybridized carbons (Fsp3) is 0. The predicted octanol–water partition coefficient (Wildman–Crippen LogP) is -8.46. The van der Waals surface area contributed by atoms with E-state index in [1.165, 1.54) is 0 Å². The quantitative estimate of drug-likeness (QED) is 0.131. The van der Waals surface area contributed by atoms with Crippen LogP contribution in [0.3, 0.4) is 0 Å². The fourth-order valence-corrected chi connectivity index (χ4v) is 8.59. The first-order chi connectivity index (χ1) is 28.4. The number of hydrogen-bond acceptors (Lipinski definition) is 1. The molecule has 1 aromatic heterocycles. The molecule has 1 heterocycles. The number of fused-ring (bicyclic) bond motifs is 6. The molecule has 0 N–H and O–H groups in total. The van der Waals surface area contributed by atoms with Crippen LogP contribution >= 0.6 is 0 Å². The Balaban J connectivity index is 1.49. The van der Waals surface area contributed by atoms with Crippen LogP contribution in [0.4, 0.5) is 0 Å². The van der Waals surface area contributed by atoms with Gasteiger partial charge in [-0.1, -0.05) is 85.0 Å². The van der Waals surface area contributed by atoms with Gasteiger partial charge in [0.2, 0.25) is 0 Å². The molecule has 0 spiro atoms. The average Bonchev–Trinajstić information content (AvgIpc) is 3.60. The van der Waals surface area contributed by atoms with E-state index in [1.807, 2.05) is 48.5 Å². The number of rotatable bonds is 3. The summed E-state index contributed by atoms with van der Waals surface area (Å²) < 4.78 is 6.33. The molecule has 0 unspecified atom stereocenters. The minimum atomic E-state index is -0.112. The molecule has 9 rings (SSSR count). The van der Waals surface area contributed by atoms with Crippen LogP contribution in [0.25, 0.3) is 87.6 Å². The third-order valence-electron chi connectivity index (χ3n) is 11.8. The summed E-state index contributed by atoms with van der Waals surface area (Å²) in [5.74, 6) is 0. The molecule has 1 nitrogen and oxygen atoms in total. The monoisotopic (exact) mass is 716 g/mol. The Kier molecular flexibility index (Phi) is 9.70. The molecule has 0 fully saturated rings. The summed E-state index contributed by atoms with van der Waals surface area (Å²) in [5, 5.41) is 4.76. The lowest BCUT2D eigenvalue weighted by Crippen LogP contribution is -2.57. The summed E-state index contributed by atoms with van der Waals surface area (Å²) in [6.07, 6.45) is 0. The lowest BCUT2D eigenvalue weighted by molar-refractivity contribution is 0.669. The smallest absolute Gasteiger partial charge is 0.136 e. The summed E-state index contributed by atoms with van der Waals surface area (Å²) in [6, 6.07) is 17.7. The van der Waals surface area contributed by atoms with E-state index in [0.29, 0.717) is 33.1 Å². The second-order valence-electron chi connectivity index (χ2n) is 14.9. The molecule has 0 aliphatic heterocycles. The van der Waals surface area contributed by atoms with E-state index in [4.69, 9.17) is 138 Å². The highest BCUT2D eigenvalue weighted by atomic mass is 16.3. The third kappa shape index (κ3) is 5.50. The third-order valence-corrected chi connectivity index (χ3v) is 11.8. The predicted molar refractivity (Wildman–Crippen MR) is 274 cm³/mol. The minimum absolute atomic E-state index is 0.00242. The maximum atomic E-state index is 7.02. The van der Waals surface area contributed by atoms with E-state index in [1.54, 1.807) is 0 Å². The average molecular weight is 713 g/mol. The maximum absolute atomic E-state index is 7.02. The number of benzene rings is 8. The maximum Gasteiger partial charge on any atom is 0.136 e. The van der Waals surface area contributed by atoms with Crippen molar-refractivity contribution in [1.82, 2.24) is 0 Å². The molecule has 0 aliphatic carbocycles. The molecule has 0 amide bonds. The molecule has 0 saturated carbocycles. The first-order valence-corrected chi connectivity index (χ1v) is 18.3. The van der Waals surface area contributed by atoms with Crippen molar-refractivity contribution in [1.29, 1.82) is 0 Å². The normalized spacial score (nSPS) is 11.8. The Morgan fingerprint density at radius 2 is 0.600 bits per heavy atom. The molecule has 234 valence electrons. The van der Waals surface area contributed by atoms with Gasteiger partial charge in [0.1, 0.15) is 145 Å². The summed E-state index contributed by atoms with van der Waals surface area (Å²) >= 11 is 0. The van der Waals surface area contributed by atoms with Crippen molar-refractivity contribution in [3.8, 4) is 33.4 Å². The van der Waals surface area contributed by atoms with Gasteiger partial charge >= 0.3 is 0 Å². The van der Waals surface area contributed by atoms with Gasteiger partial charge < -0.3 is 4.42 Å². The van der Waals surface area contributed by atoms with Gasteiger partial charge in [-0.05, 0) is 90.0 Å². The van der Waals surface area contributed by atoms with Crippen molar-refractivity contribution in [2.75, 3.05) is 0 Å². The zero-order chi connectivity index (χ0) is 43.1. The molecule has 18 heteroatoms. The molecule has 60 heavy (non-hydrogen) atoms. The van der Waals surface area contributed by atoms with Crippen molar-refractivity contribution in [2.24, 2.45) is 0 Å². The number of furan rings is 1. The van der Waals surface area contributed by atoms with E-state index in [9.17, 15) is 0 Å². The molecule has 0 saturated heterocycles.